The summed E-state index contributed by atoms with van der Waals surface area (Å²) in [5, 5.41) is 3.51. The van der Waals surface area contributed by atoms with E-state index in [2.05, 4.69) is 26.1 Å². The van der Waals surface area contributed by atoms with Gasteiger partial charge in [-0.3, -0.25) is 4.90 Å². The van der Waals surface area contributed by atoms with Gasteiger partial charge >= 0.3 is 5.97 Å². The van der Waals surface area contributed by atoms with Crippen molar-refractivity contribution >= 4 is 27.6 Å². The number of halogens is 1. The second kappa shape index (κ2) is 5.97. The number of fused-ring (bicyclic) bond motifs is 1. The number of methoxy groups -OCH3 is 1. The zero-order chi connectivity index (χ0) is 14.9. The largest absolute Gasteiger partial charge is 0.467 e. The highest BCUT2D eigenvalue weighted by molar-refractivity contribution is 9.10. The standard InChI is InChI=1S/C16H21BrN2O2/c1-21-15(20)16(18-13-7-3-2-6-12(13)17)9-11-19-10-5-4-8-14(16)19/h2-3,6-7,14,18H,4-5,8-11H2,1H3. The molecule has 2 heterocycles. The Kier molecular flexibility index (Phi) is 4.22. The lowest BCUT2D eigenvalue weighted by Crippen LogP contribution is -2.57. The molecule has 2 aliphatic rings. The first-order chi connectivity index (χ1) is 10.2. The molecule has 0 bridgehead atoms. The predicted octanol–water partition coefficient (Wildman–Crippen LogP) is 3.03. The minimum atomic E-state index is -0.626. The summed E-state index contributed by atoms with van der Waals surface area (Å²) in [6.07, 6.45) is 4.25. The first-order valence-electron chi connectivity index (χ1n) is 7.52. The summed E-state index contributed by atoms with van der Waals surface area (Å²) in [5.74, 6) is -0.146. The van der Waals surface area contributed by atoms with E-state index in [1.165, 1.54) is 20.0 Å². The van der Waals surface area contributed by atoms with Crippen LogP contribution in [0.1, 0.15) is 25.7 Å². The van der Waals surface area contributed by atoms with E-state index in [1.807, 2.05) is 24.3 Å². The van der Waals surface area contributed by atoms with E-state index in [9.17, 15) is 4.79 Å². The molecule has 2 unspecified atom stereocenters. The highest BCUT2D eigenvalue weighted by Crippen LogP contribution is 2.39. The normalized spacial score (nSPS) is 29.0. The first-order valence-corrected chi connectivity index (χ1v) is 8.32. The van der Waals surface area contributed by atoms with E-state index >= 15 is 0 Å². The Hall–Kier alpha value is -1.07. The fraction of sp³-hybridized carbons (Fsp3) is 0.562. The lowest BCUT2D eigenvalue weighted by Gasteiger charge is -2.39. The molecule has 0 amide bonds. The topological polar surface area (TPSA) is 41.6 Å². The second-order valence-electron chi connectivity index (χ2n) is 5.87. The van der Waals surface area contributed by atoms with Gasteiger partial charge in [0.05, 0.1) is 7.11 Å². The number of hydrogen-bond acceptors (Lipinski definition) is 4. The number of anilines is 1. The molecule has 1 N–H and O–H groups in total. The summed E-state index contributed by atoms with van der Waals surface area (Å²) < 4.78 is 6.13. The van der Waals surface area contributed by atoms with Crippen molar-refractivity contribution in [2.45, 2.75) is 37.3 Å². The molecule has 4 nitrogen and oxygen atoms in total. The molecule has 0 aliphatic carbocycles. The van der Waals surface area contributed by atoms with Gasteiger partial charge in [-0.15, -0.1) is 0 Å². The maximum absolute atomic E-state index is 12.6. The average Bonchev–Trinajstić information content (AvgIpc) is 2.89. The minimum Gasteiger partial charge on any atom is -0.467 e. The Balaban J connectivity index is 1.94. The van der Waals surface area contributed by atoms with Gasteiger partial charge in [-0.05, 0) is 53.9 Å². The van der Waals surface area contributed by atoms with Crippen molar-refractivity contribution < 1.29 is 9.53 Å². The molecule has 114 valence electrons. The molecule has 2 saturated heterocycles. The predicted molar refractivity (Wildman–Crippen MR) is 86.3 cm³/mol. The second-order valence-corrected chi connectivity index (χ2v) is 6.72. The van der Waals surface area contributed by atoms with E-state index in [-0.39, 0.29) is 12.0 Å². The molecule has 0 spiro atoms. The van der Waals surface area contributed by atoms with Crippen molar-refractivity contribution in [3.05, 3.63) is 28.7 Å². The van der Waals surface area contributed by atoms with E-state index in [4.69, 9.17) is 4.74 Å². The first kappa shape index (κ1) is 14.9. The summed E-state index contributed by atoms with van der Waals surface area (Å²) in [7, 11) is 1.48. The molecule has 2 atom stereocenters. The molecule has 1 aromatic rings. The van der Waals surface area contributed by atoms with Crippen molar-refractivity contribution in [3.8, 4) is 0 Å². The molecule has 3 rings (SSSR count). The maximum Gasteiger partial charge on any atom is 0.333 e. The Morgan fingerprint density at radius 1 is 1.38 bits per heavy atom. The molecule has 2 aliphatic heterocycles. The van der Waals surface area contributed by atoms with Crippen LogP contribution in [0.25, 0.3) is 0 Å². The van der Waals surface area contributed by atoms with Crippen LogP contribution in [0.4, 0.5) is 5.69 Å². The molecule has 0 radical (unpaired) electrons. The third-order valence-electron chi connectivity index (χ3n) is 4.76. The van der Waals surface area contributed by atoms with E-state index in [0.29, 0.717) is 0 Å². The van der Waals surface area contributed by atoms with Gasteiger partial charge in [0.2, 0.25) is 0 Å². The number of benzene rings is 1. The number of carbonyl (C=O) groups excluding carboxylic acids is 1. The lowest BCUT2D eigenvalue weighted by molar-refractivity contribution is -0.147. The van der Waals surface area contributed by atoms with Crippen molar-refractivity contribution in [2.75, 3.05) is 25.5 Å². The molecular formula is C16H21BrN2O2. The number of rotatable bonds is 3. The van der Waals surface area contributed by atoms with Crippen LogP contribution in [0, 0.1) is 0 Å². The molecule has 0 saturated carbocycles. The van der Waals surface area contributed by atoms with Gasteiger partial charge in [0, 0.05) is 22.7 Å². The fourth-order valence-corrected chi connectivity index (χ4v) is 4.11. The number of piperidine rings is 1. The van der Waals surface area contributed by atoms with Gasteiger partial charge in [0.1, 0.15) is 0 Å². The third-order valence-corrected chi connectivity index (χ3v) is 5.45. The van der Waals surface area contributed by atoms with Crippen molar-refractivity contribution in [3.63, 3.8) is 0 Å². The van der Waals surface area contributed by atoms with Gasteiger partial charge in [-0.2, -0.15) is 0 Å². The third kappa shape index (κ3) is 2.57. The van der Waals surface area contributed by atoms with Crippen LogP contribution in [0.2, 0.25) is 0 Å². The zero-order valence-corrected chi connectivity index (χ0v) is 13.9. The Morgan fingerprint density at radius 2 is 2.19 bits per heavy atom. The van der Waals surface area contributed by atoms with Gasteiger partial charge < -0.3 is 10.1 Å². The fourth-order valence-electron chi connectivity index (χ4n) is 3.72. The number of para-hydroxylation sites is 1. The van der Waals surface area contributed by atoms with Crippen molar-refractivity contribution in [1.29, 1.82) is 0 Å². The van der Waals surface area contributed by atoms with E-state index in [1.54, 1.807) is 0 Å². The van der Waals surface area contributed by atoms with Crippen molar-refractivity contribution in [1.82, 2.24) is 4.90 Å². The Labute approximate surface area is 134 Å². The highest BCUT2D eigenvalue weighted by Gasteiger charge is 2.54. The summed E-state index contributed by atoms with van der Waals surface area (Å²) in [4.78, 5) is 15.0. The van der Waals surface area contributed by atoms with Gasteiger partial charge in [-0.1, -0.05) is 18.6 Å². The summed E-state index contributed by atoms with van der Waals surface area (Å²) >= 11 is 3.56. The van der Waals surface area contributed by atoms with Crippen LogP contribution in [0.3, 0.4) is 0 Å². The number of hydrogen-bond donors (Lipinski definition) is 1. The van der Waals surface area contributed by atoms with Crippen LogP contribution >= 0.6 is 15.9 Å². The van der Waals surface area contributed by atoms with Crippen molar-refractivity contribution in [2.24, 2.45) is 0 Å². The smallest absolute Gasteiger partial charge is 0.333 e. The van der Waals surface area contributed by atoms with Gasteiger partial charge in [0.15, 0.2) is 5.54 Å². The molecule has 21 heavy (non-hydrogen) atoms. The molecule has 2 fully saturated rings. The van der Waals surface area contributed by atoms with Crippen LogP contribution in [-0.4, -0.2) is 42.6 Å². The zero-order valence-electron chi connectivity index (χ0n) is 12.3. The minimum absolute atomic E-state index is 0.146. The monoisotopic (exact) mass is 352 g/mol. The highest BCUT2D eigenvalue weighted by atomic mass is 79.9. The number of ether oxygens (including phenoxy) is 1. The maximum atomic E-state index is 12.6. The van der Waals surface area contributed by atoms with E-state index < -0.39 is 5.54 Å². The number of nitrogens with zero attached hydrogens (tertiary/aromatic N) is 1. The van der Waals surface area contributed by atoms with Crippen LogP contribution in [0.5, 0.6) is 0 Å². The summed E-state index contributed by atoms with van der Waals surface area (Å²) in [6, 6.07) is 8.17. The van der Waals surface area contributed by atoms with E-state index in [0.717, 1.165) is 36.1 Å². The van der Waals surface area contributed by atoms with Crippen LogP contribution in [-0.2, 0) is 9.53 Å². The molecule has 5 heteroatoms. The quantitative estimate of drug-likeness (QED) is 0.849. The Bertz CT molecular complexity index is 537. The number of carbonyl (C=O) groups is 1. The lowest BCUT2D eigenvalue weighted by atomic mass is 9.85. The number of nitrogens with one attached hydrogen (secondary N) is 1. The molecule has 1 aromatic carbocycles. The van der Waals surface area contributed by atoms with Crippen LogP contribution < -0.4 is 5.32 Å². The summed E-state index contributed by atoms with van der Waals surface area (Å²) in [6.45, 7) is 2.04. The Morgan fingerprint density at radius 3 is 2.95 bits per heavy atom. The average molecular weight is 353 g/mol. The van der Waals surface area contributed by atoms with Crippen LogP contribution in [0.15, 0.2) is 28.7 Å². The summed E-state index contributed by atoms with van der Waals surface area (Å²) in [5.41, 5.74) is 0.328. The number of esters is 1. The molecular weight excluding hydrogens is 332 g/mol. The SMILES string of the molecule is COC(=O)C1(Nc2ccccc2Br)CCN2CCCCC21. The van der Waals surface area contributed by atoms with Gasteiger partial charge in [0.25, 0.3) is 0 Å². The van der Waals surface area contributed by atoms with Gasteiger partial charge in [-0.25, -0.2) is 4.79 Å². The molecule has 0 aromatic heterocycles.